The van der Waals surface area contributed by atoms with E-state index in [0.717, 1.165) is 16.7 Å². The number of rotatable bonds is 3. The van der Waals surface area contributed by atoms with E-state index in [-0.39, 0.29) is 5.41 Å². The van der Waals surface area contributed by atoms with E-state index in [1.165, 1.54) is 29.5 Å². The zero-order valence-electron chi connectivity index (χ0n) is 15.5. The van der Waals surface area contributed by atoms with Crippen LogP contribution in [0.25, 0.3) is 5.57 Å². The third kappa shape index (κ3) is 3.13. The highest BCUT2D eigenvalue weighted by Gasteiger charge is 2.31. The van der Waals surface area contributed by atoms with E-state index in [9.17, 15) is 4.79 Å². The molecule has 1 aliphatic carbocycles. The van der Waals surface area contributed by atoms with Gasteiger partial charge in [-0.15, -0.1) is 0 Å². The molecule has 0 radical (unpaired) electrons. The molecule has 0 amide bonds. The molecule has 1 atom stereocenters. The van der Waals surface area contributed by atoms with Gasteiger partial charge in [0.15, 0.2) is 0 Å². The van der Waals surface area contributed by atoms with E-state index in [2.05, 4.69) is 46.4 Å². The number of carboxylic acids is 1. The highest BCUT2D eigenvalue weighted by atomic mass is 16.4. The van der Waals surface area contributed by atoms with E-state index < -0.39 is 5.97 Å². The molecule has 25 heavy (non-hydrogen) atoms. The molecule has 0 spiro atoms. The van der Waals surface area contributed by atoms with E-state index in [4.69, 9.17) is 5.11 Å². The lowest BCUT2D eigenvalue weighted by atomic mass is 9.68. The zero-order valence-corrected chi connectivity index (χ0v) is 15.5. The van der Waals surface area contributed by atoms with Crippen molar-refractivity contribution in [3.05, 3.63) is 76.4 Å². The smallest absolute Gasteiger partial charge is 0.335 e. The first-order valence-corrected chi connectivity index (χ1v) is 8.89. The van der Waals surface area contributed by atoms with Crippen molar-refractivity contribution in [2.75, 3.05) is 0 Å². The summed E-state index contributed by atoms with van der Waals surface area (Å²) in [7, 11) is 0. The monoisotopic (exact) mass is 334 g/mol. The molecule has 0 aromatic heterocycles. The molecule has 0 heterocycles. The summed E-state index contributed by atoms with van der Waals surface area (Å²) in [4.78, 5) is 11.0. The lowest BCUT2D eigenvalue weighted by Crippen LogP contribution is -2.26. The number of benzene rings is 2. The fourth-order valence-electron chi connectivity index (χ4n) is 3.89. The van der Waals surface area contributed by atoms with Crippen LogP contribution in [-0.2, 0) is 5.41 Å². The van der Waals surface area contributed by atoms with Gasteiger partial charge in [0.25, 0.3) is 0 Å². The lowest BCUT2D eigenvalue weighted by Gasteiger charge is -2.37. The third-order valence-corrected chi connectivity index (χ3v) is 5.66. The molecule has 0 bridgehead atoms. The predicted octanol–water partition coefficient (Wildman–Crippen LogP) is 5.93. The molecule has 0 saturated carbocycles. The first-order chi connectivity index (χ1) is 11.7. The van der Waals surface area contributed by atoms with Gasteiger partial charge in [0.2, 0.25) is 0 Å². The van der Waals surface area contributed by atoms with Crippen molar-refractivity contribution in [3.8, 4) is 0 Å². The van der Waals surface area contributed by atoms with Gasteiger partial charge < -0.3 is 5.11 Å². The zero-order chi connectivity index (χ0) is 18.4. The Hall–Kier alpha value is -2.35. The Kier molecular flexibility index (Phi) is 4.32. The van der Waals surface area contributed by atoms with Crippen LogP contribution in [0.2, 0.25) is 0 Å². The van der Waals surface area contributed by atoms with Crippen molar-refractivity contribution in [2.45, 2.75) is 51.9 Å². The van der Waals surface area contributed by atoms with Gasteiger partial charge in [0.05, 0.1) is 5.56 Å². The van der Waals surface area contributed by atoms with Crippen LogP contribution in [0.4, 0.5) is 0 Å². The van der Waals surface area contributed by atoms with Crippen LogP contribution in [0.15, 0.2) is 43.0 Å². The van der Waals surface area contributed by atoms with Crippen molar-refractivity contribution in [3.63, 3.8) is 0 Å². The Bertz CT molecular complexity index is 841. The summed E-state index contributed by atoms with van der Waals surface area (Å²) in [5.74, 6) is -0.309. The SMILES string of the molecule is C=C(c1ccc(C(=O)O)cc1)c1cc2c(cc1C)C(C)CCC2(C)C. The second-order valence-corrected chi connectivity index (χ2v) is 7.94. The molecule has 0 aliphatic heterocycles. The summed E-state index contributed by atoms with van der Waals surface area (Å²) in [6.45, 7) is 13.4. The second-order valence-electron chi connectivity index (χ2n) is 7.94. The summed E-state index contributed by atoms with van der Waals surface area (Å²) < 4.78 is 0. The molecular formula is C23H26O2. The van der Waals surface area contributed by atoms with Gasteiger partial charge in [-0.1, -0.05) is 51.6 Å². The summed E-state index contributed by atoms with van der Waals surface area (Å²) in [6, 6.07) is 11.6. The summed E-state index contributed by atoms with van der Waals surface area (Å²) in [6.07, 6.45) is 2.43. The molecule has 2 aromatic rings. The number of hydrogen-bond acceptors (Lipinski definition) is 1. The maximum Gasteiger partial charge on any atom is 0.335 e. The molecule has 0 saturated heterocycles. The van der Waals surface area contributed by atoms with Gasteiger partial charge in [-0.2, -0.15) is 0 Å². The van der Waals surface area contributed by atoms with Crippen molar-refractivity contribution in [1.29, 1.82) is 0 Å². The van der Waals surface area contributed by atoms with Crippen molar-refractivity contribution < 1.29 is 9.90 Å². The van der Waals surface area contributed by atoms with Gasteiger partial charge in [0.1, 0.15) is 0 Å². The Morgan fingerprint density at radius 2 is 1.76 bits per heavy atom. The predicted molar refractivity (Wildman–Crippen MR) is 103 cm³/mol. The molecule has 2 aromatic carbocycles. The Morgan fingerprint density at radius 1 is 1.16 bits per heavy atom. The maximum absolute atomic E-state index is 11.0. The van der Waals surface area contributed by atoms with Gasteiger partial charge in [-0.3, -0.25) is 0 Å². The Morgan fingerprint density at radius 3 is 2.36 bits per heavy atom. The van der Waals surface area contributed by atoms with Crippen LogP contribution in [0.5, 0.6) is 0 Å². The highest BCUT2D eigenvalue weighted by molar-refractivity contribution is 5.89. The largest absolute Gasteiger partial charge is 0.478 e. The second kappa shape index (κ2) is 6.18. The summed E-state index contributed by atoms with van der Waals surface area (Å²) >= 11 is 0. The normalized spacial score (nSPS) is 18.5. The number of hydrogen-bond donors (Lipinski definition) is 1. The summed E-state index contributed by atoms with van der Waals surface area (Å²) in [5, 5.41) is 9.07. The van der Waals surface area contributed by atoms with E-state index in [0.29, 0.717) is 11.5 Å². The van der Waals surface area contributed by atoms with E-state index >= 15 is 0 Å². The summed E-state index contributed by atoms with van der Waals surface area (Å²) in [5.41, 5.74) is 7.67. The molecule has 2 heteroatoms. The van der Waals surface area contributed by atoms with Gasteiger partial charge in [-0.25, -0.2) is 4.79 Å². The number of fused-ring (bicyclic) bond motifs is 1. The fourth-order valence-corrected chi connectivity index (χ4v) is 3.89. The van der Waals surface area contributed by atoms with E-state index in [1.54, 1.807) is 12.1 Å². The topological polar surface area (TPSA) is 37.3 Å². The number of carbonyl (C=O) groups is 1. The lowest BCUT2D eigenvalue weighted by molar-refractivity contribution is 0.0697. The molecule has 2 nitrogen and oxygen atoms in total. The third-order valence-electron chi connectivity index (χ3n) is 5.66. The van der Waals surface area contributed by atoms with Crippen LogP contribution in [0, 0.1) is 6.92 Å². The molecule has 1 aliphatic rings. The molecular weight excluding hydrogens is 308 g/mol. The van der Waals surface area contributed by atoms with Gasteiger partial charge in [0, 0.05) is 0 Å². The molecule has 1 unspecified atom stereocenters. The average molecular weight is 334 g/mol. The minimum atomic E-state index is -0.905. The quantitative estimate of drug-likeness (QED) is 0.755. The molecule has 1 N–H and O–H groups in total. The Balaban J connectivity index is 2.05. The highest BCUT2D eigenvalue weighted by Crippen LogP contribution is 2.44. The number of aromatic carboxylic acids is 1. The standard InChI is InChI=1S/C23H26O2/c1-14-10-11-23(4,5)21-13-19(15(2)12-20(14)21)16(3)17-6-8-18(9-7-17)22(24)25/h6-9,12-14H,3,10-11H2,1-2,4-5H3,(H,24,25). The minimum Gasteiger partial charge on any atom is -0.478 e. The van der Waals surface area contributed by atoms with Crippen LogP contribution in [0.1, 0.15) is 77.7 Å². The number of aryl methyl sites for hydroxylation is 1. The first kappa shape index (κ1) is 17.5. The average Bonchev–Trinajstić information content (AvgIpc) is 2.57. The fraction of sp³-hybridized carbons (Fsp3) is 0.348. The van der Waals surface area contributed by atoms with Gasteiger partial charge >= 0.3 is 5.97 Å². The van der Waals surface area contributed by atoms with Crippen LogP contribution < -0.4 is 0 Å². The van der Waals surface area contributed by atoms with Crippen LogP contribution in [0.3, 0.4) is 0 Å². The molecule has 0 fully saturated rings. The Labute approximate surface area is 150 Å². The molecule has 3 rings (SSSR count). The van der Waals surface area contributed by atoms with Crippen LogP contribution >= 0.6 is 0 Å². The van der Waals surface area contributed by atoms with Gasteiger partial charge in [-0.05, 0) is 76.6 Å². The van der Waals surface area contributed by atoms with Crippen LogP contribution in [-0.4, -0.2) is 11.1 Å². The first-order valence-electron chi connectivity index (χ1n) is 8.89. The van der Waals surface area contributed by atoms with Crippen molar-refractivity contribution >= 4 is 11.5 Å². The van der Waals surface area contributed by atoms with E-state index in [1.807, 2.05) is 12.1 Å². The maximum atomic E-state index is 11.0. The van der Waals surface area contributed by atoms with Crippen molar-refractivity contribution in [1.82, 2.24) is 0 Å². The molecule has 130 valence electrons. The number of carboxylic acid groups (broad SMARTS) is 1. The van der Waals surface area contributed by atoms with Crippen molar-refractivity contribution in [2.24, 2.45) is 0 Å². The minimum absolute atomic E-state index is 0.178.